The predicted octanol–water partition coefficient (Wildman–Crippen LogP) is 8.05. The van der Waals surface area contributed by atoms with Gasteiger partial charge in [0.15, 0.2) is 12.6 Å². The first-order valence-corrected chi connectivity index (χ1v) is 35.6. The van der Waals surface area contributed by atoms with Gasteiger partial charge in [0.2, 0.25) is 0 Å². The Morgan fingerprint density at radius 1 is 0.533 bits per heavy atom. The normalized spacial score (nSPS) is 31.6. The molecular formula is C67H124Cl2N2O18S. The summed E-state index contributed by atoms with van der Waals surface area (Å²) in [5.74, 6) is 1.01. The Kier molecular flexibility index (Phi) is 47.1. The molecule has 2 aliphatic carbocycles. The van der Waals surface area contributed by atoms with Gasteiger partial charge < -0.3 is 84.4 Å². The molecule has 0 amide bonds. The van der Waals surface area contributed by atoms with E-state index in [1.165, 1.54) is 55.7 Å². The van der Waals surface area contributed by atoms with Crippen molar-refractivity contribution in [2.45, 2.75) is 259 Å². The van der Waals surface area contributed by atoms with Crippen molar-refractivity contribution < 1.29 is 87.9 Å². The molecule has 20 unspecified atom stereocenters. The van der Waals surface area contributed by atoms with Crippen LogP contribution in [0.1, 0.15) is 159 Å². The molecule has 4 fully saturated rings. The quantitative estimate of drug-likeness (QED) is 0.0392. The third-order valence-electron chi connectivity index (χ3n) is 17.0. The van der Waals surface area contributed by atoms with E-state index in [4.69, 9.17) is 50.9 Å². The Bertz CT molecular complexity index is 2050. The number of unbranched alkanes of at least 4 members (excludes halogenated alkanes) is 1. The van der Waals surface area contributed by atoms with Crippen LogP contribution in [0, 0.1) is 62.2 Å². The van der Waals surface area contributed by atoms with Gasteiger partial charge in [0, 0.05) is 35.7 Å². The highest BCUT2D eigenvalue weighted by Crippen LogP contribution is 2.39. The zero-order valence-corrected chi connectivity index (χ0v) is 59.8. The minimum Gasteiger partial charge on any atom is -0.396 e. The summed E-state index contributed by atoms with van der Waals surface area (Å²) in [7, 11) is 1.54. The minimum atomic E-state index is -3.55. The van der Waals surface area contributed by atoms with Crippen LogP contribution in [-0.4, -0.2) is 216 Å². The number of aliphatic hydroxyl groups is 10. The van der Waals surface area contributed by atoms with Gasteiger partial charge in [-0.05, 0) is 120 Å². The van der Waals surface area contributed by atoms with E-state index in [2.05, 4.69) is 117 Å². The molecule has 11 N–H and O–H groups in total. The van der Waals surface area contributed by atoms with Gasteiger partial charge in [-0.1, -0.05) is 169 Å². The minimum absolute atomic E-state index is 0.0954. The number of aliphatic hydroxyl groups excluding tert-OH is 10. The number of benzene rings is 2. The smallest absolute Gasteiger partial charge is 0.261 e. The summed E-state index contributed by atoms with van der Waals surface area (Å²) in [5, 5.41) is 101. The summed E-state index contributed by atoms with van der Waals surface area (Å²) in [6, 6.07) is 14.9. The molecular weight excluding hydrogens is 1220 g/mol. The fourth-order valence-corrected chi connectivity index (χ4v) is 10.7. The highest BCUT2D eigenvalue weighted by atomic mass is 35.7. The van der Waals surface area contributed by atoms with Crippen LogP contribution in [0.3, 0.4) is 0 Å². The Morgan fingerprint density at radius 2 is 0.922 bits per heavy atom. The molecule has 23 heteroatoms. The summed E-state index contributed by atoms with van der Waals surface area (Å²) in [6.07, 6.45) is -9.16. The van der Waals surface area contributed by atoms with Gasteiger partial charge in [-0.15, -0.1) is 0 Å². The Morgan fingerprint density at radius 3 is 1.29 bits per heavy atom. The number of aryl methyl sites for hydroxylation is 3. The van der Waals surface area contributed by atoms with Crippen molar-refractivity contribution in [2.24, 2.45) is 41.4 Å². The molecule has 20 atom stereocenters. The molecule has 6 rings (SSSR count). The van der Waals surface area contributed by atoms with Crippen molar-refractivity contribution in [1.82, 2.24) is 9.74 Å². The van der Waals surface area contributed by atoms with E-state index in [9.17, 15) is 59.5 Å². The monoisotopic (exact) mass is 1350 g/mol. The molecule has 2 aliphatic heterocycles. The van der Waals surface area contributed by atoms with Crippen LogP contribution in [-0.2, 0) is 37.5 Å². The van der Waals surface area contributed by atoms with Crippen LogP contribution < -0.4 is 4.84 Å². The van der Waals surface area contributed by atoms with E-state index >= 15 is 0 Å². The molecule has 0 aromatic heterocycles. The average Bonchev–Trinajstić information content (AvgIpc) is 1.87. The van der Waals surface area contributed by atoms with Crippen LogP contribution in [0.2, 0.25) is 0 Å². The standard InChI is InChI=1S/C22H42O6.C18H34O10.C8H10.C7H7ClO2S.C6H15N.C4H10.C2H6ClN/c1-7-16-10-17(19(23)14(5)13(16)4)27-11-18-20(24)15(6)21(25)22(28-18)26-9-8-12(2)3;1-8(2)3-4-26-18-17(25)16(24)14(22)11(28-18)7-27-10-5-9(6-19)12(20)15(23)13(10)21;1-7-3-5-8(2)6-4-7;1-6-2-4-7(5-3-6)11(8,9)10;1-4-7(5-2)6-3;1-3-4-2;1-2-4-3/h12-25H,7-11H2,1-6H3;8-25H,3-7H2,1-2H3;3-6H,1-2H3;2-5H,1H3;4-6H2,1-3H3;3-4H2,1-2H3;4H,2H2,1H3. The van der Waals surface area contributed by atoms with Gasteiger partial charge in [-0.3, -0.25) is 0 Å². The van der Waals surface area contributed by atoms with Crippen molar-refractivity contribution in [2.75, 3.05) is 59.2 Å². The lowest BCUT2D eigenvalue weighted by atomic mass is 9.70. The van der Waals surface area contributed by atoms with E-state index in [0.717, 1.165) is 37.8 Å². The largest absolute Gasteiger partial charge is 0.396 e. The number of nitrogens with one attached hydrogen (secondary N) is 1. The van der Waals surface area contributed by atoms with Crippen LogP contribution in [0.5, 0.6) is 0 Å². The first-order valence-electron chi connectivity index (χ1n) is 32.9. The highest BCUT2D eigenvalue weighted by molar-refractivity contribution is 8.13. The van der Waals surface area contributed by atoms with Gasteiger partial charge in [-0.25, -0.2) is 13.3 Å². The first kappa shape index (κ1) is 88.2. The average molecular weight is 1350 g/mol. The molecule has 4 aliphatic rings. The van der Waals surface area contributed by atoms with Crippen LogP contribution in [0.4, 0.5) is 0 Å². The zero-order chi connectivity index (χ0) is 69.0. The third-order valence-corrected chi connectivity index (χ3v) is 18.6. The fraction of sp³-hybridized carbons (Fsp3) is 0.821. The molecule has 2 saturated carbocycles. The summed E-state index contributed by atoms with van der Waals surface area (Å²) in [6.45, 7) is 40.2. The van der Waals surface area contributed by atoms with Gasteiger partial charge in [0.25, 0.3) is 9.05 Å². The summed E-state index contributed by atoms with van der Waals surface area (Å²) in [4.78, 5) is 4.92. The third kappa shape index (κ3) is 32.8. The Labute approximate surface area is 551 Å². The topological polar surface area (TPSA) is 307 Å². The maximum Gasteiger partial charge on any atom is 0.261 e. The predicted molar refractivity (Wildman–Crippen MR) is 356 cm³/mol. The van der Waals surface area contributed by atoms with E-state index in [0.29, 0.717) is 36.9 Å². The summed E-state index contributed by atoms with van der Waals surface area (Å²) < 4.78 is 55.7. The Hall–Kier alpha value is -1.75. The number of nitrogens with zero attached hydrogens (tertiary/aromatic N) is 1. The molecule has 0 spiro atoms. The molecule has 0 radical (unpaired) electrons. The molecule has 90 heavy (non-hydrogen) atoms. The lowest BCUT2D eigenvalue weighted by Gasteiger charge is -2.44. The first-order chi connectivity index (χ1) is 42.3. The van der Waals surface area contributed by atoms with Crippen LogP contribution in [0.25, 0.3) is 0 Å². The number of halogens is 2. The summed E-state index contributed by atoms with van der Waals surface area (Å²) in [5.41, 5.74) is 3.67. The number of rotatable bonds is 22. The lowest BCUT2D eigenvalue weighted by Crippen LogP contribution is -2.60. The maximum atomic E-state index is 10.7. The second-order valence-electron chi connectivity index (χ2n) is 25.0. The van der Waals surface area contributed by atoms with E-state index in [-0.39, 0.29) is 49.1 Å². The second kappa shape index (κ2) is 48.0. The van der Waals surface area contributed by atoms with Gasteiger partial charge in [0.1, 0.15) is 48.8 Å². The van der Waals surface area contributed by atoms with Crippen molar-refractivity contribution in [1.29, 1.82) is 0 Å². The van der Waals surface area contributed by atoms with Crippen molar-refractivity contribution in [3.8, 4) is 0 Å². The summed E-state index contributed by atoms with van der Waals surface area (Å²) >= 11 is 4.94. The molecule has 2 saturated heterocycles. The molecule has 20 nitrogen and oxygen atoms in total. The lowest BCUT2D eigenvalue weighted by molar-refractivity contribution is -0.307. The van der Waals surface area contributed by atoms with Crippen molar-refractivity contribution in [3.63, 3.8) is 0 Å². The van der Waals surface area contributed by atoms with E-state index in [1.807, 2.05) is 27.7 Å². The maximum absolute atomic E-state index is 10.7. The number of ether oxygens (including phenoxy) is 6. The zero-order valence-electron chi connectivity index (χ0n) is 57.5. The van der Waals surface area contributed by atoms with Crippen molar-refractivity contribution >= 4 is 31.5 Å². The fourth-order valence-electron chi connectivity index (χ4n) is 9.94. The van der Waals surface area contributed by atoms with Crippen molar-refractivity contribution in [3.05, 3.63) is 65.2 Å². The van der Waals surface area contributed by atoms with Gasteiger partial charge in [0.05, 0.1) is 61.8 Å². The van der Waals surface area contributed by atoms with Crippen LogP contribution in [0.15, 0.2) is 53.4 Å². The molecule has 0 bridgehead atoms. The Balaban J connectivity index is 0.00000117. The van der Waals surface area contributed by atoms with Gasteiger partial charge >= 0.3 is 0 Å². The van der Waals surface area contributed by atoms with Crippen LogP contribution >= 0.6 is 22.5 Å². The molecule has 2 heterocycles. The number of hydrogen-bond acceptors (Lipinski definition) is 20. The van der Waals surface area contributed by atoms with E-state index in [1.54, 1.807) is 19.1 Å². The number of hydrogen-bond donors (Lipinski definition) is 11. The SMILES string of the molecule is CC(C)CCOC1OC(COC2CC(CO)C(O)C(O)C2O)C(O)C(O)C1O.CCC1CC(OCC2OC(OCCC(C)C)C(O)C(C)C2O)C(O)C(C)C1C.CCCC.CCN(CC)CC.CCNCl.Cc1ccc(C)cc1.Cc1ccc(S(=O)(=O)Cl)cc1. The highest BCUT2D eigenvalue weighted by Gasteiger charge is 2.48. The second-order valence-corrected chi connectivity index (χ2v) is 27.9. The molecule has 2 aromatic carbocycles. The van der Waals surface area contributed by atoms with Gasteiger partial charge in [-0.2, -0.15) is 0 Å². The molecule has 2 aromatic rings. The van der Waals surface area contributed by atoms with E-state index < -0.39 is 101 Å². The molecule has 530 valence electrons.